The van der Waals surface area contributed by atoms with Crippen LogP contribution in [0.1, 0.15) is 51.1 Å². The normalized spacial score (nSPS) is 18.8. The molecule has 0 N–H and O–H groups in total. The van der Waals surface area contributed by atoms with Gasteiger partial charge in [-0.2, -0.15) is 4.57 Å². The molecule has 0 bridgehead atoms. The number of pyridine rings is 1. The Labute approximate surface area is 223 Å². The molecule has 0 saturated carbocycles. The minimum Gasteiger partial charge on any atom is -0.262 e. The zero-order valence-electron chi connectivity index (χ0n) is 23.2. The Kier molecular flexibility index (Phi) is 6.76. The van der Waals surface area contributed by atoms with E-state index in [9.17, 15) is 0 Å². The van der Waals surface area contributed by atoms with Crippen LogP contribution in [0.3, 0.4) is 0 Å². The molecule has 2 unspecified atom stereocenters. The lowest BCUT2D eigenvalue weighted by molar-refractivity contribution is -0.717. The summed E-state index contributed by atoms with van der Waals surface area (Å²) in [5.41, 5.74) is 11.4. The summed E-state index contributed by atoms with van der Waals surface area (Å²) in [5, 5.41) is 1.50. The maximum atomic E-state index is 5.06. The van der Waals surface area contributed by atoms with Crippen LogP contribution in [0, 0.1) is 0 Å². The second kappa shape index (κ2) is 9.87. The van der Waals surface area contributed by atoms with Crippen molar-refractivity contribution in [1.29, 1.82) is 0 Å². The molecule has 1 aliphatic carbocycles. The van der Waals surface area contributed by atoms with Crippen molar-refractivity contribution in [1.82, 2.24) is 0 Å². The van der Waals surface area contributed by atoms with Crippen molar-refractivity contribution in [3.05, 3.63) is 108 Å². The van der Waals surface area contributed by atoms with Crippen molar-refractivity contribution in [2.45, 2.75) is 65.2 Å². The van der Waals surface area contributed by atoms with E-state index in [0.717, 1.165) is 24.1 Å². The van der Waals surface area contributed by atoms with E-state index in [4.69, 9.17) is 4.99 Å². The van der Waals surface area contributed by atoms with Crippen LogP contribution >= 0.6 is 0 Å². The standard InChI is InChI=1S/C34H39N2Si/c1-8-12-24(4)29-20-31-28-17-15-26(25-13-10-9-11-14-25)19-30(28)33-18-16-27(37(5,6)7)22-36(33)34(31)21-32(29)35-23(2)3/h8-19,22,31,34H,4,20-21H2,1-3,5-7H3/q+1/b12-8-. The van der Waals surface area contributed by atoms with Crippen molar-refractivity contribution < 1.29 is 4.57 Å². The third-order valence-electron chi connectivity index (χ3n) is 7.79. The fourth-order valence-electron chi connectivity index (χ4n) is 5.92. The van der Waals surface area contributed by atoms with Gasteiger partial charge in [0.25, 0.3) is 0 Å². The Morgan fingerprint density at radius 2 is 1.73 bits per heavy atom. The number of allylic oxidation sites excluding steroid dienone is 5. The molecule has 0 radical (unpaired) electrons. The molecule has 0 saturated heterocycles. The van der Waals surface area contributed by atoms with Gasteiger partial charge in [0.05, 0.1) is 31.7 Å². The highest BCUT2D eigenvalue weighted by Gasteiger charge is 2.44. The monoisotopic (exact) mass is 503 g/mol. The van der Waals surface area contributed by atoms with Gasteiger partial charge in [0, 0.05) is 17.0 Å². The van der Waals surface area contributed by atoms with E-state index in [1.54, 1.807) is 0 Å². The summed E-state index contributed by atoms with van der Waals surface area (Å²) in [5.74, 6) is 0.391. The Morgan fingerprint density at radius 3 is 2.41 bits per heavy atom. The molecule has 0 amide bonds. The number of fused-ring (bicyclic) bond motifs is 6. The number of benzene rings is 2. The highest BCUT2D eigenvalue weighted by atomic mass is 28.3. The fourth-order valence-corrected chi connectivity index (χ4v) is 7.03. The van der Waals surface area contributed by atoms with Crippen molar-refractivity contribution in [3.8, 4) is 22.4 Å². The quantitative estimate of drug-likeness (QED) is 0.145. The summed E-state index contributed by atoms with van der Waals surface area (Å²) in [6.07, 6.45) is 8.59. The van der Waals surface area contributed by atoms with Gasteiger partial charge >= 0.3 is 0 Å². The summed E-state index contributed by atoms with van der Waals surface area (Å²) in [6.45, 7) is 18.0. The molecular formula is C34H39N2Si+. The Bertz CT molecular complexity index is 1450. The van der Waals surface area contributed by atoms with E-state index in [1.165, 1.54) is 44.4 Å². The van der Waals surface area contributed by atoms with Crippen molar-refractivity contribution >= 4 is 19.0 Å². The van der Waals surface area contributed by atoms with Gasteiger partial charge in [-0.25, -0.2) is 0 Å². The first-order chi connectivity index (χ1) is 17.7. The lowest BCUT2D eigenvalue weighted by Gasteiger charge is -2.36. The largest absolute Gasteiger partial charge is 0.262 e. The van der Waals surface area contributed by atoms with Gasteiger partial charge in [-0.15, -0.1) is 0 Å². The van der Waals surface area contributed by atoms with E-state index < -0.39 is 8.07 Å². The highest BCUT2D eigenvalue weighted by molar-refractivity contribution is 6.88. The zero-order valence-corrected chi connectivity index (χ0v) is 24.2. The molecule has 2 nitrogen and oxygen atoms in total. The summed E-state index contributed by atoms with van der Waals surface area (Å²) in [7, 11) is -1.47. The lowest BCUT2D eigenvalue weighted by atomic mass is 9.72. The molecular weight excluding hydrogens is 464 g/mol. The van der Waals surface area contributed by atoms with E-state index in [1.807, 2.05) is 0 Å². The first-order valence-corrected chi connectivity index (χ1v) is 17.0. The molecule has 2 aliphatic rings. The van der Waals surface area contributed by atoms with Crippen LogP contribution in [0.2, 0.25) is 19.6 Å². The SMILES string of the molecule is C=C(/C=C\C)C1=C(N=C(C)C)CC2C(C1)c1ccc(-c3ccccc3)cc1-c1ccc([Si](C)(C)C)c[n+]12. The molecule has 0 fully saturated rings. The predicted molar refractivity (Wildman–Crippen MR) is 161 cm³/mol. The van der Waals surface area contributed by atoms with Crippen LogP contribution in [0.25, 0.3) is 22.4 Å². The molecule has 5 rings (SSSR count). The van der Waals surface area contributed by atoms with Gasteiger partial charge in [0.1, 0.15) is 0 Å². The average Bonchev–Trinajstić information content (AvgIpc) is 2.87. The first kappa shape index (κ1) is 25.4. The van der Waals surface area contributed by atoms with Crippen LogP contribution in [0.5, 0.6) is 0 Å². The van der Waals surface area contributed by atoms with Crippen molar-refractivity contribution in [2.75, 3.05) is 0 Å². The molecule has 2 atom stereocenters. The molecule has 2 heterocycles. The van der Waals surface area contributed by atoms with E-state index in [-0.39, 0.29) is 0 Å². The van der Waals surface area contributed by atoms with Gasteiger partial charge in [-0.3, -0.25) is 4.99 Å². The molecule has 3 aromatic rings. The Morgan fingerprint density at radius 1 is 0.973 bits per heavy atom. The Balaban J connectivity index is 1.73. The first-order valence-electron chi connectivity index (χ1n) is 13.5. The second-order valence-corrected chi connectivity index (χ2v) is 16.8. The number of aromatic nitrogens is 1. The van der Waals surface area contributed by atoms with Crippen molar-refractivity contribution in [2.24, 2.45) is 4.99 Å². The predicted octanol–water partition coefficient (Wildman–Crippen LogP) is 8.15. The molecule has 1 aromatic heterocycles. The number of nitrogens with zero attached hydrogens (tertiary/aromatic N) is 2. The Hall–Kier alpha value is -3.30. The van der Waals surface area contributed by atoms with Crippen molar-refractivity contribution in [3.63, 3.8) is 0 Å². The minimum absolute atomic E-state index is 0.349. The van der Waals surface area contributed by atoms with Crippen LogP contribution in [-0.4, -0.2) is 13.8 Å². The summed E-state index contributed by atoms with van der Waals surface area (Å²) in [4.78, 5) is 5.06. The second-order valence-electron chi connectivity index (χ2n) is 11.7. The van der Waals surface area contributed by atoms with E-state index >= 15 is 0 Å². The molecule has 37 heavy (non-hydrogen) atoms. The molecule has 0 spiro atoms. The van der Waals surface area contributed by atoms with Crippen LogP contribution < -0.4 is 9.75 Å². The van der Waals surface area contributed by atoms with Gasteiger partial charge in [0.15, 0.2) is 12.2 Å². The summed E-state index contributed by atoms with van der Waals surface area (Å²) < 4.78 is 2.60. The number of rotatable bonds is 5. The third kappa shape index (κ3) is 4.85. The van der Waals surface area contributed by atoms with Crippen LogP contribution in [0.15, 0.2) is 107 Å². The minimum atomic E-state index is -1.47. The fraction of sp³-hybridized carbons (Fsp3) is 0.294. The number of aliphatic imine (C=N–C) groups is 1. The molecule has 2 aromatic carbocycles. The van der Waals surface area contributed by atoms with Crippen LogP contribution in [0.4, 0.5) is 0 Å². The number of hydrogen-bond donors (Lipinski definition) is 0. The molecule has 3 heteroatoms. The third-order valence-corrected chi connectivity index (χ3v) is 9.82. The highest BCUT2D eigenvalue weighted by Crippen LogP contribution is 2.49. The maximum Gasteiger partial charge on any atom is 0.213 e. The van der Waals surface area contributed by atoms with Gasteiger partial charge in [-0.05, 0) is 61.1 Å². The van der Waals surface area contributed by atoms with E-state index in [2.05, 4.69) is 131 Å². The summed E-state index contributed by atoms with van der Waals surface area (Å²) in [6, 6.07) is 23.0. The smallest absolute Gasteiger partial charge is 0.213 e. The zero-order chi connectivity index (χ0) is 26.3. The topological polar surface area (TPSA) is 16.2 Å². The van der Waals surface area contributed by atoms with Crippen LogP contribution in [-0.2, 0) is 0 Å². The molecule has 1 aliphatic heterocycles. The maximum absolute atomic E-state index is 5.06. The van der Waals surface area contributed by atoms with E-state index in [0.29, 0.717) is 12.0 Å². The average molecular weight is 504 g/mol. The van der Waals surface area contributed by atoms with Gasteiger partial charge < -0.3 is 0 Å². The summed E-state index contributed by atoms with van der Waals surface area (Å²) >= 11 is 0. The number of hydrogen-bond acceptors (Lipinski definition) is 1. The van der Waals surface area contributed by atoms with Gasteiger partial charge in [0.2, 0.25) is 5.69 Å². The molecule has 188 valence electrons. The lowest BCUT2D eigenvalue weighted by Crippen LogP contribution is -2.53. The van der Waals surface area contributed by atoms with Gasteiger partial charge in [-0.1, -0.05) is 86.9 Å².